The van der Waals surface area contributed by atoms with Crippen LogP contribution in [0.25, 0.3) is 11.3 Å². The number of piperidine rings is 1. The molecule has 1 unspecified atom stereocenters. The van der Waals surface area contributed by atoms with Crippen LogP contribution in [0.3, 0.4) is 0 Å². The maximum atomic E-state index is 12.7. The smallest absolute Gasteiger partial charge is 0.323 e. The van der Waals surface area contributed by atoms with Crippen LogP contribution in [0.15, 0.2) is 41.8 Å². The van der Waals surface area contributed by atoms with Crippen LogP contribution in [-0.2, 0) is 9.53 Å². The van der Waals surface area contributed by atoms with Crippen molar-refractivity contribution in [2.45, 2.75) is 45.1 Å². The molecule has 190 valence electrons. The van der Waals surface area contributed by atoms with Crippen molar-refractivity contribution in [3.63, 3.8) is 0 Å². The second-order valence-corrected chi connectivity index (χ2v) is 9.57. The van der Waals surface area contributed by atoms with Crippen molar-refractivity contribution in [3.05, 3.63) is 52.5 Å². The molecule has 0 aliphatic carbocycles. The minimum Gasteiger partial charge on any atom is -0.466 e. The number of amides is 3. The number of esters is 1. The summed E-state index contributed by atoms with van der Waals surface area (Å²) >= 11 is 1.45. The summed E-state index contributed by atoms with van der Waals surface area (Å²) in [7, 11) is 0. The van der Waals surface area contributed by atoms with Crippen molar-refractivity contribution in [1.29, 1.82) is 0 Å². The van der Waals surface area contributed by atoms with E-state index in [0.717, 1.165) is 29.1 Å². The third kappa shape index (κ3) is 6.48. The predicted octanol–water partition coefficient (Wildman–Crippen LogP) is 4.02. The van der Waals surface area contributed by atoms with Crippen LogP contribution in [0.1, 0.15) is 54.5 Å². The summed E-state index contributed by atoms with van der Waals surface area (Å²) in [6.07, 6.45) is 1.64. The highest BCUT2D eigenvalue weighted by molar-refractivity contribution is 7.09. The molecule has 3 amide bonds. The summed E-state index contributed by atoms with van der Waals surface area (Å²) in [6.45, 7) is 4.99. The summed E-state index contributed by atoms with van der Waals surface area (Å²) in [4.78, 5) is 43.1. The van der Waals surface area contributed by atoms with E-state index in [4.69, 9.17) is 4.74 Å². The van der Waals surface area contributed by atoms with Crippen molar-refractivity contribution in [3.8, 4) is 11.3 Å². The molecule has 10 nitrogen and oxygen atoms in total. The van der Waals surface area contributed by atoms with Gasteiger partial charge in [-0.05, 0) is 32.3 Å². The number of anilines is 1. The number of H-pyrrole nitrogens is 1. The molecule has 36 heavy (non-hydrogen) atoms. The Morgan fingerprint density at radius 3 is 2.69 bits per heavy atom. The summed E-state index contributed by atoms with van der Waals surface area (Å²) in [5.41, 5.74) is 2.18. The van der Waals surface area contributed by atoms with Crippen LogP contribution in [0.4, 0.5) is 10.6 Å². The summed E-state index contributed by atoms with van der Waals surface area (Å²) in [5, 5.41) is 15.4. The van der Waals surface area contributed by atoms with E-state index in [9.17, 15) is 14.4 Å². The average Bonchev–Trinajstić information content (AvgIpc) is 3.55. The fraction of sp³-hybridized carbons (Fsp3) is 0.400. The van der Waals surface area contributed by atoms with Crippen LogP contribution >= 0.6 is 11.3 Å². The molecule has 3 heterocycles. The van der Waals surface area contributed by atoms with Gasteiger partial charge in [-0.25, -0.2) is 9.78 Å². The van der Waals surface area contributed by atoms with Crippen molar-refractivity contribution in [1.82, 2.24) is 25.4 Å². The molecule has 11 heteroatoms. The number of urea groups is 1. The number of likely N-dealkylation sites (tertiary alicyclic amines) is 1. The fourth-order valence-electron chi connectivity index (χ4n) is 4.07. The number of hydrogen-bond donors (Lipinski definition) is 3. The molecule has 0 bridgehead atoms. The quantitative estimate of drug-likeness (QED) is 0.393. The zero-order chi connectivity index (χ0) is 25.5. The molecule has 3 N–H and O–H groups in total. The molecule has 1 saturated heterocycles. The highest BCUT2D eigenvalue weighted by Gasteiger charge is 2.27. The zero-order valence-corrected chi connectivity index (χ0v) is 21.1. The summed E-state index contributed by atoms with van der Waals surface area (Å²) in [5.74, 6) is 0.0188. The van der Waals surface area contributed by atoms with E-state index in [1.807, 2.05) is 36.4 Å². The third-order valence-electron chi connectivity index (χ3n) is 5.94. The molecule has 1 aromatic carbocycles. The van der Waals surface area contributed by atoms with E-state index >= 15 is 0 Å². The highest BCUT2D eigenvalue weighted by Crippen LogP contribution is 2.30. The Bertz CT molecular complexity index is 1190. The van der Waals surface area contributed by atoms with Crippen LogP contribution in [-0.4, -0.2) is 63.7 Å². The van der Waals surface area contributed by atoms with Gasteiger partial charge in [-0.1, -0.05) is 30.3 Å². The van der Waals surface area contributed by atoms with E-state index in [2.05, 4.69) is 25.8 Å². The van der Waals surface area contributed by atoms with Gasteiger partial charge < -0.3 is 15.0 Å². The predicted molar refractivity (Wildman–Crippen MR) is 137 cm³/mol. The maximum absolute atomic E-state index is 12.7. The summed E-state index contributed by atoms with van der Waals surface area (Å²) in [6, 6.07) is 11.1. The molecular weight excluding hydrogens is 480 g/mol. The lowest BCUT2D eigenvalue weighted by Crippen LogP contribution is -2.40. The number of hydrogen-bond acceptors (Lipinski definition) is 7. The third-order valence-corrected chi connectivity index (χ3v) is 6.95. The number of rotatable bonds is 8. The summed E-state index contributed by atoms with van der Waals surface area (Å²) < 4.78 is 4.92. The largest absolute Gasteiger partial charge is 0.466 e. The number of carbonyl (C=O) groups is 3. The van der Waals surface area contributed by atoms with Crippen LogP contribution in [0.2, 0.25) is 0 Å². The molecule has 4 rings (SSSR count). The maximum Gasteiger partial charge on any atom is 0.323 e. The first kappa shape index (κ1) is 25.4. The molecule has 1 atom stereocenters. The van der Waals surface area contributed by atoms with E-state index in [1.54, 1.807) is 24.1 Å². The lowest BCUT2D eigenvalue weighted by Gasteiger charge is -2.30. The van der Waals surface area contributed by atoms with Gasteiger partial charge in [-0.2, -0.15) is 5.10 Å². The molecule has 0 radical (unpaired) electrons. The number of ether oxygens (including phenoxy) is 1. The lowest BCUT2D eigenvalue weighted by molar-refractivity contribution is -0.143. The van der Waals surface area contributed by atoms with Crippen LogP contribution < -0.4 is 10.6 Å². The molecule has 2 aromatic heterocycles. The van der Waals surface area contributed by atoms with E-state index in [1.165, 1.54) is 11.3 Å². The van der Waals surface area contributed by atoms with Crippen LogP contribution in [0.5, 0.6) is 0 Å². The van der Waals surface area contributed by atoms with Gasteiger partial charge in [0.15, 0.2) is 5.82 Å². The molecular formula is C25H30N6O4S. The van der Waals surface area contributed by atoms with Gasteiger partial charge in [-0.15, -0.1) is 11.3 Å². The van der Waals surface area contributed by atoms with Crippen molar-refractivity contribution >= 4 is 35.1 Å². The number of aromatic amines is 1. The highest BCUT2D eigenvalue weighted by atomic mass is 32.1. The number of aromatic nitrogens is 3. The Labute approximate surface area is 213 Å². The van der Waals surface area contributed by atoms with Crippen molar-refractivity contribution < 1.29 is 19.1 Å². The molecule has 1 fully saturated rings. The normalized spacial score (nSPS) is 14.8. The van der Waals surface area contributed by atoms with Crippen LogP contribution in [0, 0.1) is 0 Å². The first-order valence-corrected chi connectivity index (χ1v) is 12.9. The van der Waals surface area contributed by atoms with E-state index < -0.39 is 0 Å². The SMILES string of the molecule is CCOC(=O)CC(C)NC(=O)c1csc(C2CCN(C(=O)Nc3cc(-c4ccccc4)[nH]n3)CC2)n1. The van der Waals surface area contributed by atoms with Gasteiger partial charge in [0.05, 0.1) is 23.7 Å². The minimum atomic E-state index is -0.346. The Kier molecular flexibility index (Phi) is 8.32. The fourth-order valence-corrected chi connectivity index (χ4v) is 5.04. The molecule has 1 aliphatic rings. The van der Waals surface area contributed by atoms with Gasteiger partial charge in [0.1, 0.15) is 5.69 Å². The Morgan fingerprint density at radius 1 is 1.22 bits per heavy atom. The Morgan fingerprint density at radius 2 is 1.97 bits per heavy atom. The number of nitrogens with zero attached hydrogens (tertiary/aromatic N) is 3. The van der Waals surface area contributed by atoms with Gasteiger partial charge in [-0.3, -0.25) is 20.0 Å². The van der Waals surface area contributed by atoms with Crippen molar-refractivity contribution in [2.75, 3.05) is 25.0 Å². The topological polar surface area (TPSA) is 129 Å². The first-order valence-electron chi connectivity index (χ1n) is 12.0. The average molecular weight is 511 g/mol. The second-order valence-electron chi connectivity index (χ2n) is 8.68. The van der Waals surface area contributed by atoms with Crippen molar-refractivity contribution in [2.24, 2.45) is 0 Å². The van der Waals surface area contributed by atoms with Gasteiger partial charge >= 0.3 is 12.0 Å². The number of carbonyl (C=O) groups excluding carboxylic acids is 3. The number of thiazole rings is 1. The van der Waals surface area contributed by atoms with E-state index in [0.29, 0.717) is 31.2 Å². The second kappa shape index (κ2) is 11.8. The Balaban J connectivity index is 1.25. The van der Waals surface area contributed by atoms with Gasteiger partial charge in [0.2, 0.25) is 0 Å². The van der Waals surface area contributed by atoms with Gasteiger partial charge in [0.25, 0.3) is 5.91 Å². The number of nitrogens with one attached hydrogen (secondary N) is 3. The molecule has 0 spiro atoms. The molecule has 1 aliphatic heterocycles. The van der Waals surface area contributed by atoms with Gasteiger partial charge in [0, 0.05) is 36.5 Å². The first-order chi connectivity index (χ1) is 17.4. The zero-order valence-electron chi connectivity index (χ0n) is 20.3. The molecule has 0 saturated carbocycles. The standard InChI is InChI=1S/C25H30N6O4S/c1-3-35-22(32)13-16(2)26-23(33)20-15-36-24(27-20)18-9-11-31(12-10-18)25(34)28-21-14-19(29-30-21)17-7-5-4-6-8-17/h4-8,14-16,18H,3,9-13H2,1-2H3,(H,26,33)(H2,28,29,30,34). The lowest BCUT2D eigenvalue weighted by atomic mass is 9.98. The molecule has 3 aromatic rings. The Hall–Kier alpha value is -3.73. The minimum absolute atomic E-state index is 0.114. The number of benzene rings is 1. The van der Waals surface area contributed by atoms with E-state index in [-0.39, 0.29) is 36.3 Å². The monoisotopic (exact) mass is 510 g/mol.